The Kier molecular flexibility index (Phi) is 3.71. The highest BCUT2D eigenvalue weighted by Crippen LogP contribution is 2.01. The van der Waals surface area contributed by atoms with E-state index >= 15 is 0 Å². The second kappa shape index (κ2) is 4.09. The Bertz CT molecular complexity index is 117. The van der Waals surface area contributed by atoms with Crippen molar-refractivity contribution >= 4 is 5.97 Å². The van der Waals surface area contributed by atoms with Crippen molar-refractivity contribution < 1.29 is 14.9 Å². The molecule has 0 radical (unpaired) electrons. The molecule has 0 fully saturated rings. The Morgan fingerprint density at radius 1 is 1.78 bits per heavy atom. The largest absolute Gasteiger partial charge is 0.368 e. The Balaban J connectivity index is 3.60. The van der Waals surface area contributed by atoms with Gasteiger partial charge in [-0.3, -0.25) is 4.89 Å². The van der Waals surface area contributed by atoms with Crippen LogP contribution in [0.25, 0.3) is 0 Å². The SMILES string of the molecule is C=C(CCC)C(=O)OO. The molecule has 0 rings (SSSR count). The van der Waals surface area contributed by atoms with Crippen LogP contribution in [-0.4, -0.2) is 11.2 Å². The molecular formula is C6H10O3. The zero-order chi connectivity index (χ0) is 7.28. The summed E-state index contributed by atoms with van der Waals surface area (Å²) < 4.78 is 0. The maximum absolute atomic E-state index is 10.3. The minimum Gasteiger partial charge on any atom is -0.296 e. The standard InChI is InChI=1S/C6H10O3/c1-3-4-5(2)6(7)9-8/h8H,2-4H2,1H3. The first-order chi connectivity index (χ1) is 4.22. The molecule has 0 aromatic rings. The van der Waals surface area contributed by atoms with Gasteiger partial charge >= 0.3 is 5.97 Å². The summed E-state index contributed by atoms with van der Waals surface area (Å²) in [4.78, 5) is 13.8. The molecule has 3 nitrogen and oxygen atoms in total. The molecule has 3 heteroatoms. The fourth-order valence-electron chi connectivity index (χ4n) is 0.468. The average Bonchev–Trinajstić information content (AvgIpc) is 1.87. The summed E-state index contributed by atoms with van der Waals surface area (Å²) in [5.41, 5.74) is 0.306. The lowest BCUT2D eigenvalue weighted by molar-refractivity contribution is -0.229. The Morgan fingerprint density at radius 3 is 2.67 bits per heavy atom. The molecule has 0 spiro atoms. The van der Waals surface area contributed by atoms with Crippen LogP contribution in [0.5, 0.6) is 0 Å². The van der Waals surface area contributed by atoms with Crippen molar-refractivity contribution in [1.29, 1.82) is 0 Å². The average molecular weight is 130 g/mol. The number of carbonyl (C=O) groups is 1. The molecule has 0 aromatic heterocycles. The van der Waals surface area contributed by atoms with E-state index in [2.05, 4.69) is 11.5 Å². The predicted octanol–water partition coefficient (Wildman–Crippen LogP) is 1.36. The summed E-state index contributed by atoms with van der Waals surface area (Å²) >= 11 is 0. The zero-order valence-electron chi connectivity index (χ0n) is 5.39. The van der Waals surface area contributed by atoms with E-state index in [1.165, 1.54) is 0 Å². The van der Waals surface area contributed by atoms with Gasteiger partial charge in [0.25, 0.3) is 0 Å². The third kappa shape index (κ3) is 2.87. The summed E-state index contributed by atoms with van der Waals surface area (Å²) in [6, 6.07) is 0. The summed E-state index contributed by atoms with van der Waals surface area (Å²) in [6.07, 6.45) is 1.40. The monoisotopic (exact) mass is 130 g/mol. The minimum absolute atomic E-state index is 0.306. The molecule has 0 aliphatic rings. The smallest absolute Gasteiger partial charge is 0.296 e. The molecule has 1 N–H and O–H groups in total. The van der Waals surface area contributed by atoms with Gasteiger partial charge in [0.05, 0.1) is 0 Å². The number of carbonyl (C=O) groups excluding carboxylic acids is 1. The van der Waals surface area contributed by atoms with Crippen LogP contribution in [0.3, 0.4) is 0 Å². The first kappa shape index (κ1) is 8.17. The normalized spacial score (nSPS) is 8.67. The molecule has 0 saturated carbocycles. The third-order valence-corrected chi connectivity index (χ3v) is 0.923. The molecule has 0 aromatic carbocycles. The Morgan fingerprint density at radius 2 is 2.33 bits per heavy atom. The Labute approximate surface area is 53.9 Å². The first-order valence-corrected chi connectivity index (χ1v) is 2.76. The second-order valence-corrected chi connectivity index (χ2v) is 1.73. The van der Waals surface area contributed by atoms with Crippen molar-refractivity contribution in [2.24, 2.45) is 0 Å². The van der Waals surface area contributed by atoms with Crippen LogP contribution < -0.4 is 0 Å². The van der Waals surface area contributed by atoms with Crippen molar-refractivity contribution in [2.75, 3.05) is 0 Å². The highest BCUT2D eigenvalue weighted by molar-refractivity contribution is 5.86. The maximum atomic E-state index is 10.3. The molecule has 0 heterocycles. The summed E-state index contributed by atoms with van der Waals surface area (Å²) in [7, 11) is 0. The molecule has 52 valence electrons. The molecular weight excluding hydrogens is 120 g/mol. The van der Waals surface area contributed by atoms with E-state index < -0.39 is 5.97 Å². The van der Waals surface area contributed by atoms with E-state index in [9.17, 15) is 4.79 Å². The van der Waals surface area contributed by atoms with Gasteiger partial charge in [0, 0.05) is 5.57 Å². The van der Waals surface area contributed by atoms with Gasteiger partial charge in [-0.05, 0) is 6.42 Å². The lowest BCUT2D eigenvalue weighted by atomic mass is 10.2. The second-order valence-electron chi connectivity index (χ2n) is 1.73. The molecule has 0 aliphatic heterocycles. The fourth-order valence-corrected chi connectivity index (χ4v) is 0.468. The molecule has 9 heavy (non-hydrogen) atoms. The quantitative estimate of drug-likeness (QED) is 0.356. The minimum atomic E-state index is -0.739. The van der Waals surface area contributed by atoms with Gasteiger partial charge in [-0.25, -0.2) is 4.79 Å². The van der Waals surface area contributed by atoms with Gasteiger partial charge in [0.15, 0.2) is 0 Å². The number of hydrogen-bond donors (Lipinski definition) is 1. The lowest BCUT2D eigenvalue weighted by Crippen LogP contribution is -2.02. The van der Waals surface area contributed by atoms with E-state index in [1.807, 2.05) is 6.92 Å². The van der Waals surface area contributed by atoms with Crippen LogP contribution in [0.2, 0.25) is 0 Å². The van der Waals surface area contributed by atoms with E-state index in [4.69, 9.17) is 5.26 Å². The van der Waals surface area contributed by atoms with Crippen LogP contribution in [0, 0.1) is 0 Å². The van der Waals surface area contributed by atoms with Gasteiger partial charge in [0.1, 0.15) is 0 Å². The van der Waals surface area contributed by atoms with Crippen molar-refractivity contribution in [3.63, 3.8) is 0 Å². The topological polar surface area (TPSA) is 46.5 Å². The molecule has 0 atom stereocenters. The summed E-state index contributed by atoms with van der Waals surface area (Å²) in [5.74, 6) is -0.739. The van der Waals surface area contributed by atoms with Crippen LogP contribution in [0.1, 0.15) is 19.8 Å². The number of hydrogen-bond acceptors (Lipinski definition) is 3. The van der Waals surface area contributed by atoms with Crippen molar-refractivity contribution in [3.8, 4) is 0 Å². The van der Waals surface area contributed by atoms with Crippen molar-refractivity contribution in [2.45, 2.75) is 19.8 Å². The summed E-state index contributed by atoms with van der Waals surface area (Å²) in [5, 5.41) is 7.82. The van der Waals surface area contributed by atoms with Crippen molar-refractivity contribution in [1.82, 2.24) is 0 Å². The highest BCUT2D eigenvalue weighted by Gasteiger charge is 2.04. The first-order valence-electron chi connectivity index (χ1n) is 2.76. The maximum Gasteiger partial charge on any atom is 0.368 e. The molecule has 0 bridgehead atoms. The van der Waals surface area contributed by atoms with E-state index in [-0.39, 0.29) is 0 Å². The van der Waals surface area contributed by atoms with E-state index in [1.54, 1.807) is 0 Å². The van der Waals surface area contributed by atoms with Crippen LogP contribution in [0.15, 0.2) is 12.2 Å². The van der Waals surface area contributed by atoms with Gasteiger partial charge in [-0.1, -0.05) is 19.9 Å². The van der Waals surface area contributed by atoms with Crippen LogP contribution in [0.4, 0.5) is 0 Å². The summed E-state index contributed by atoms with van der Waals surface area (Å²) in [6.45, 7) is 5.29. The number of rotatable bonds is 3. The molecule has 0 aliphatic carbocycles. The molecule has 0 unspecified atom stereocenters. The molecule has 0 amide bonds. The van der Waals surface area contributed by atoms with Gasteiger partial charge in [-0.15, -0.1) is 0 Å². The lowest BCUT2D eigenvalue weighted by Gasteiger charge is -1.96. The van der Waals surface area contributed by atoms with Crippen molar-refractivity contribution in [3.05, 3.63) is 12.2 Å². The van der Waals surface area contributed by atoms with E-state index in [0.717, 1.165) is 6.42 Å². The Hall–Kier alpha value is -0.830. The predicted molar refractivity (Wildman–Crippen MR) is 32.8 cm³/mol. The van der Waals surface area contributed by atoms with E-state index in [0.29, 0.717) is 12.0 Å². The van der Waals surface area contributed by atoms with Crippen LogP contribution in [-0.2, 0) is 9.68 Å². The van der Waals surface area contributed by atoms with Gasteiger partial charge in [-0.2, -0.15) is 5.26 Å². The molecule has 0 saturated heterocycles. The van der Waals surface area contributed by atoms with Crippen LogP contribution >= 0.6 is 0 Å². The third-order valence-electron chi connectivity index (χ3n) is 0.923. The fraction of sp³-hybridized carbons (Fsp3) is 0.500. The van der Waals surface area contributed by atoms with Gasteiger partial charge in [0.2, 0.25) is 0 Å². The van der Waals surface area contributed by atoms with Gasteiger partial charge < -0.3 is 0 Å². The highest BCUT2D eigenvalue weighted by atomic mass is 17.1. The zero-order valence-corrected chi connectivity index (χ0v) is 5.39.